The Morgan fingerprint density at radius 3 is 2.47 bits per heavy atom. The van der Waals surface area contributed by atoms with Crippen molar-refractivity contribution in [2.45, 2.75) is 6.18 Å². The zero-order valence-corrected chi connectivity index (χ0v) is 8.75. The van der Waals surface area contributed by atoms with Crippen molar-refractivity contribution in [3.63, 3.8) is 0 Å². The van der Waals surface area contributed by atoms with E-state index in [9.17, 15) is 18.0 Å². The van der Waals surface area contributed by atoms with Crippen molar-refractivity contribution in [3.05, 3.63) is 39.4 Å². The molecular weight excluding hydrogens is 261 g/mol. The average Bonchev–Trinajstić information content (AvgIpc) is 2.61. The summed E-state index contributed by atoms with van der Waals surface area (Å²) < 4.78 is 37.6. The van der Waals surface area contributed by atoms with Crippen molar-refractivity contribution in [2.24, 2.45) is 0 Å². The Hall–Kier alpha value is -1.83. The smallest absolute Gasteiger partial charge is 0.285 e. The van der Waals surface area contributed by atoms with Crippen LogP contribution in [0.2, 0.25) is 5.15 Å². The molecule has 0 saturated carbocycles. The van der Waals surface area contributed by atoms with E-state index in [0.717, 1.165) is 0 Å². The standard InChI is InChI=1S/C8H4ClF3N4O/c9-5-1-2-6(14-13-5)16-7(17)3-4(15-16)8(10,11)12/h1-3,15H. The highest BCUT2D eigenvalue weighted by Crippen LogP contribution is 2.26. The average molecular weight is 265 g/mol. The fourth-order valence-electron chi connectivity index (χ4n) is 1.14. The SMILES string of the molecule is O=c1cc(C(F)(F)F)[nH]n1-c1ccc(Cl)nn1. The molecule has 0 unspecified atom stereocenters. The molecule has 0 aliphatic rings. The molecule has 0 atom stereocenters. The molecule has 2 heterocycles. The largest absolute Gasteiger partial charge is 0.432 e. The first-order chi connectivity index (χ1) is 7.88. The van der Waals surface area contributed by atoms with Crippen LogP contribution >= 0.6 is 11.6 Å². The van der Waals surface area contributed by atoms with Gasteiger partial charge in [0.2, 0.25) is 0 Å². The third kappa shape index (κ3) is 2.31. The molecule has 0 amide bonds. The minimum Gasteiger partial charge on any atom is -0.285 e. The lowest BCUT2D eigenvalue weighted by atomic mass is 10.4. The maximum Gasteiger partial charge on any atom is 0.432 e. The van der Waals surface area contributed by atoms with Crippen LogP contribution in [0.25, 0.3) is 5.82 Å². The van der Waals surface area contributed by atoms with Crippen molar-refractivity contribution < 1.29 is 13.2 Å². The van der Waals surface area contributed by atoms with Gasteiger partial charge in [-0.2, -0.15) is 17.9 Å². The predicted octanol–water partition coefficient (Wildman–Crippen LogP) is 1.63. The van der Waals surface area contributed by atoms with Crippen LogP contribution in [0.15, 0.2) is 23.0 Å². The van der Waals surface area contributed by atoms with Crippen molar-refractivity contribution in [1.82, 2.24) is 20.0 Å². The van der Waals surface area contributed by atoms with Crippen LogP contribution in [-0.4, -0.2) is 20.0 Å². The molecule has 0 aliphatic heterocycles. The Morgan fingerprint density at radius 1 is 1.29 bits per heavy atom. The molecular formula is C8H4ClF3N4O. The Labute approximate surface area is 96.8 Å². The second-order valence-corrected chi connectivity index (χ2v) is 3.44. The quantitative estimate of drug-likeness (QED) is 0.851. The first-order valence-corrected chi connectivity index (χ1v) is 4.64. The van der Waals surface area contributed by atoms with Gasteiger partial charge in [-0.3, -0.25) is 9.89 Å². The van der Waals surface area contributed by atoms with Crippen LogP contribution in [-0.2, 0) is 6.18 Å². The fraction of sp³-hybridized carbons (Fsp3) is 0.125. The molecule has 0 fully saturated rings. The number of nitrogens with zero attached hydrogens (tertiary/aromatic N) is 3. The summed E-state index contributed by atoms with van der Waals surface area (Å²) in [6.07, 6.45) is -4.62. The maximum absolute atomic E-state index is 12.3. The number of aromatic amines is 1. The summed E-state index contributed by atoms with van der Waals surface area (Å²) >= 11 is 5.47. The molecule has 2 rings (SSSR count). The number of rotatable bonds is 1. The highest BCUT2D eigenvalue weighted by molar-refractivity contribution is 6.29. The first-order valence-electron chi connectivity index (χ1n) is 4.27. The summed E-state index contributed by atoms with van der Waals surface area (Å²) in [5.74, 6) is -0.0742. The zero-order valence-electron chi connectivity index (χ0n) is 7.99. The van der Waals surface area contributed by atoms with E-state index in [4.69, 9.17) is 11.6 Å². The molecule has 1 N–H and O–H groups in total. The van der Waals surface area contributed by atoms with Crippen LogP contribution in [0.1, 0.15) is 5.69 Å². The van der Waals surface area contributed by atoms with Gasteiger partial charge in [0, 0.05) is 6.07 Å². The third-order valence-electron chi connectivity index (χ3n) is 1.87. The van der Waals surface area contributed by atoms with Crippen LogP contribution in [0.3, 0.4) is 0 Å². The molecule has 2 aromatic heterocycles. The van der Waals surface area contributed by atoms with Gasteiger partial charge in [-0.1, -0.05) is 11.6 Å². The van der Waals surface area contributed by atoms with E-state index >= 15 is 0 Å². The fourth-order valence-corrected chi connectivity index (χ4v) is 1.24. The van der Waals surface area contributed by atoms with E-state index in [-0.39, 0.29) is 11.0 Å². The highest BCUT2D eigenvalue weighted by Gasteiger charge is 2.33. The Balaban J connectivity index is 2.50. The van der Waals surface area contributed by atoms with Gasteiger partial charge in [-0.05, 0) is 12.1 Å². The number of aromatic nitrogens is 4. The number of alkyl halides is 3. The minimum absolute atomic E-state index is 0.0735. The highest BCUT2D eigenvalue weighted by atomic mass is 35.5. The minimum atomic E-state index is -4.62. The predicted molar refractivity (Wildman–Crippen MR) is 52.0 cm³/mol. The number of hydrogen-bond donors (Lipinski definition) is 1. The molecule has 9 heteroatoms. The molecule has 2 aromatic rings. The summed E-state index contributed by atoms with van der Waals surface area (Å²) in [6.45, 7) is 0. The molecule has 90 valence electrons. The van der Waals surface area contributed by atoms with Crippen LogP contribution in [0, 0.1) is 0 Å². The van der Waals surface area contributed by atoms with Gasteiger partial charge in [0.05, 0.1) is 0 Å². The molecule has 5 nitrogen and oxygen atoms in total. The Kier molecular flexibility index (Phi) is 2.66. The summed E-state index contributed by atoms with van der Waals surface area (Å²) in [7, 11) is 0. The second-order valence-electron chi connectivity index (χ2n) is 3.06. The first kappa shape index (κ1) is 11.6. The topological polar surface area (TPSA) is 63.6 Å². The lowest BCUT2D eigenvalue weighted by Gasteiger charge is -2.02. The third-order valence-corrected chi connectivity index (χ3v) is 2.07. The lowest BCUT2D eigenvalue weighted by molar-refractivity contribution is -0.141. The van der Waals surface area contributed by atoms with Gasteiger partial charge >= 0.3 is 6.18 Å². The van der Waals surface area contributed by atoms with Crippen LogP contribution < -0.4 is 5.56 Å². The van der Waals surface area contributed by atoms with E-state index < -0.39 is 17.4 Å². The van der Waals surface area contributed by atoms with E-state index in [1.165, 1.54) is 12.1 Å². The number of hydrogen-bond acceptors (Lipinski definition) is 3. The molecule has 0 radical (unpaired) electrons. The zero-order chi connectivity index (χ0) is 12.6. The molecule has 0 aromatic carbocycles. The van der Waals surface area contributed by atoms with Gasteiger partial charge in [-0.25, -0.2) is 0 Å². The normalized spacial score (nSPS) is 11.8. The number of nitrogens with one attached hydrogen (secondary N) is 1. The number of H-pyrrole nitrogens is 1. The summed E-state index contributed by atoms with van der Waals surface area (Å²) in [5, 5.41) is 8.87. The van der Waals surface area contributed by atoms with Gasteiger partial charge in [0.25, 0.3) is 5.56 Å². The summed E-state index contributed by atoms with van der Waals surface area (Å²) in [5.41, 5.74) is -2.03. The van der Waals surface area contributed by atoms with Crippen molar-refractivity contribution in [3.8, 4) is 5.82 Å². The molecule has 0 bridgehead atoms. The van der Waals surface area contributed by atoms with E-state index in [1.807, 2.05) is 5.10 Å². The summed E-state index contributed by atoms with van der Waals surface area (Å²) in [6, 6.07) is 3.02. The van der Waals surface area contributed by atoms with E-state index in [0.29, 0.717) is 10.7 Å². The van der Waals surface area contributed by atoms with Crippen LogP contribution in [0.4, 0.5) is 13.2 Å². The van der Waals surface area contributed by atoms with Crippen LogP contribution in [0.5, 0.6) is 0 Å². The molecule has 0 aliphatic carbocycles. The van der Waals surface area contributed by atoms with E-state index in [2.05, 4.69) is 10.2 Å². The molecule has 0 saturated heterocycles. The van der Waals surface area contributed by atoms with Crippen molar-refractivity contribution >= 4 is 11.6 Å². The van der Waals surface area contributed by atoms with Crippen molar-refractivity contribution in [1.29, 1.82) is 0 Å². The maximum atomic E-state index is 12.3. The van der Waals surface area contributed by atoms with Gasteiger partial charge < -0.3 is 0 Å². The summed E-state index contributed by atoms with van der Waals surface area (Å²) in [4.78, 5) is 11.3. The lowest BCUT2D eigenvalue weighted by Crippen LogP contribution is -2.15. The monoisotopic (exact) mass is 264 g/mol. The second kappa shape index (κ2) is 3.88. The molecule has 0 spiro atoms. The van der Waals surface area contributed by atoms with Crippen molar-refractivity contribution in [2.75, 3.05) is 0 Å². The Bertz CT molecular complexity index is 586. The number of halogens is 4. The van der Waals surface area contributed by atoms with E-state index in [1.54, 1.807) is 0 Å². The molecule has 17 heavy (non-hydrogen) atoms. The Morgan fingerprint density at radius 2 is 2.00 bits per heavy atom. The van der Waals surface area contributed by atoms with Gasteiger partial charge in [0.15, 0.2) is 11.0 Å². The van der Waals surface area contributed by atoms with Gasteiger partial charge in [-0.15, -0.1) is 10.2 Å². The van der Waals surface area contributed by atoms with Gasteiger partial charge in [0.1, 0.15) is 5.69 Å².